The zero-order chi connectivity index (χ0) is 13.3. The molecular weight excluding hydrogens is 244 g/mol. The third-order valence-electron chi connectivity index (χ3n) is 2.14. The van der Waals surface area contributed by atoms with Crippen molar-refractivity contribution >= 4 is 15.7 Å². The molecule has 0 fully saturated rings. The largest absolute Gasteiger partial charge is 0.383 e. The predicted molar refractivity (Wildman–Crippen MR) is 66.7 cm³/mol. The molecule has 0 aromatic carbocycles. The Hall–Kier alpha value is -0.660. The number of carbonyl (C=O) groups is 1. The second-order valence-corrected chi connectivity index (χ2v) is 6.20. The molecular formula is C10H22N2O4S. The maximum Gasteiger partial charge on any atom is 0.236 e. The molecule has 1 atom stereocenters. The van der Waals surface area contributed by atoms with E-state index in [1.807, 2.05) is 0 Å². The first-order valence-electron chi connectivity index (χ1n) is 5.54. The predicted octanol–water partition coefficient (Wildman–Crippen LogP) is -0.838. The lowest BCUT2D eigenvalue weighted by atomic mass is 10.3. The van der Waals surface area contributed by atoms with Crippen LogP contribution in [0, 0.1) is 0 Å². The molecule has 0 aliphatic carbocycles. The minimum absolute atomic E-state index is 0.110. The van der Waals surface area contributed by atoms with Crippen molar-refractivity contribution in [2.75, 3.05) is 38.8 Å². The highest BCUT2D eigenvalue weighted by atomic mass is 32.2. The quantitative estimate of drug-likeness (QED) is 0.532. The Balaban J connectivity index is 3.64. The average Bonchev–Trinajstić information content (AvgIpc) is 2.23. The Bertz CT molecular complexity index is 316. The number of hydrogen-bond acceptors (Lipinski definition) is 5. The van der Waals surface area contributed by atoms with Gasteiger partial charge in [0.05, 0.1) is 18.4 Å². The molecule has 0 saturated carbocycles. The zero-order valence-corrected chi connectivity index (χ0v) is 11.5. The van der Waals surface area contributed by atoms with E-state index in [1.54, 1.807) is 14.0 Å². The molecule has 1 unspecified atom stereocenters. The summed E-state index contributed by atoms with van der Waals surface area (Å²) >= 11 is 0. The van der Waals surface area contributed by atoms with Crippen LogP contribution in [-0.2, 0) is 19.4 Å². The lowest BCUT2D eigenvalue weighted by Gasteiger charge is -2.13. The van der Waals surface area contributed by atoms with E-state index < -0.39 is 9.84 Å². The molecule has 7 heteroatoms. The SMILES string of the molecule is COCCNC(=O)C(C)NCCCS(C)(=O)=O. The van der Waals surface area contributed by atoms with Gasteiger partial charge in [0.15, 0.2) is 0 Å². The van der Waals surface area contributed by atoms with Gasteiger partial charge >= 0.3 is 0 Å². The van der Waals surface area contributed by atoms with Crippen molar-refractivity contribution in [2.45, 2.75) is 19.4 Å². The second kappa shape index (κ2) is 8.43. The molecule has 0 aromatic rings. The normalized spacial score (nSPS) is 13.4. The van der Waals surface area contributed by atoms with Crippen LogP contribution < -0.4 is 10.6 Å². The smallest absolute Gasteiger partial charge is 0.236 e. The van der Waals surface area contributed by atoms with Crippen molar-refractivity contribution in [3.05, 3.63) is 0 Å². The van der Waals surface area contributed by atoms with Gasteiger partial charge in [0.1, 0.15) is 9.84 Å². The van der Waals surface area contributed by atoms with Crippen LogP contribution in [0.5, 0.6) is 0 Å². The van der Waals surface area contributed by atoms with E-state index in [2.05, 4.69) is 10.6 Å². The molecule has 17 heavy (non-hydrogen) atoms. The highest BCUT2D eigenvalue weighted by molar-refractivity contribution is 7.90. The van der Waals surface area contributed by atoms with Gasteiger partial charge in [-0.3, -0.25) is 4.79 Å². The summed E-state index contributed by atoms with van der Waals surface area (Å²) in [6, 6.07) is -0.327. The molecule has 0 rings (SSSR count). The van der Waals surface area contributed by atoms with Crippen molar-refractivity contribution in [3.8, 4) is 0 Å². The summed E-state index contributed by atoms with van der Waals surface area (Å²) < 4.78 is 26.5. The van der Waals surface area contributed by atoms with Crippen LogP contribution in [0.3, 0.4) is 0 Å². The second-order valence-electron chi connectivity index (χ2n) is 3.94. The molecule has 0 heterocycles. The van der Waals surface area contributed by atoms with Gasteiger partial charge in [0.2, 0.25) is 5.91 Å². The van der Waals surface area contributed by atoms with Crippen molar-refractivity contribution < 1.29 is 17.9 Å². The molecule has 0 aliphatic heterocycles. The van der Waals surface area contributed by atoms with Crippen LogP contribution >= 0.6 is 0 Å². The Morgan fingerprint density at radius 3 is 2.53 bits per heavy atom. The number of nitrogens with one attached hydrogen (secondary N) is 2. The topological polar surface area (TPSA) is 84.5 Å². The van der Waals surface area contributed by atoms with Crippen LogP contribution in [0.4, 0.5) is 0 Å². The molecule has 1 amide bonds. The molecule has 6 nitrogen and oxygen atoms in total. The summed E-state index contributed by atoms with van der Waals surface area (Å²) in [7, 11) is -1.35. The van der Waals surface area contributed by atoms with Gasteiger partial charge in [-0.1, -0.05) is 0 Å². The number of sulfone groups is 1. The average molecular weight is 266 g/mol. The number of ether oxygens (including phenoxy) is 1. The lowest BCUT2D eigenvalue weighted by Crippen LogP contribution is -2.43. The number of amides is 1. The highest BCUT2D eigenvalue weighted by Crippen LogP contribution is 1.89. The van der Waals surface area contributed by atoms with E-state index >= 15 is 0 Å². The van der Waals surface area contributed by atoms with Gasteiger partial charge in [0.25, 0.3) is 0 Å². The van der Waals surface area contributed by atoms with Crippen molar-refractivity contribution in [1.29, 1.82) is 0 Å². The minimum atomic E-state index is -2.92. The number of rotatable bonds is 9. The Morgan fingerprint density at radius 2 is 2.00 bits per heavy atom. The molecule has 0 saturated heterocycles. The van der Waals surface area contributed by atoms with Gasteiger partial charge in [0, 0.05) is 19.9 Å². The number of methoxy groups -OCH3 is 1. The summed E-state index contributed by atoms with van der Waals surface area (Å²) in [5, 5.41) is 5.66. The maximum absolute atomic E-state index is 11.5. The number of hydrogen-bond donors (Lipinski definition) is 2. The van der Waals surface area contributed by atoms with E-state index in [0.29, 0.717) is 26.1 Å². The lowest BCUT2D eigenvalue weighted by molar-refractivity contribution is -0.122. The van der Waals surface area contributed by atoms with E-state index in [0.717, 1.165) is 0 Å². The summed E-state index contributed by atoms with van der Waals surface area (Å²) in [4.78, 5) is 11.5. The van der Waals surface area contributed by atoms with E-state index in [9.17, 15) is 13.2 Å². The fourth-order valence-electron chi connectivity index (χ4n) is 1.18. The van der Waals surface area contributed by atoms with Crippen molar-refractivity contribution in [2.24, 2.45) is 0 Å². The van der Waals surface area contributed by atoms with Gasteiger partial charge in [-0.2, -0.15) is 0 Å². The summed E-state index contributed by atoms with van der Waals surface area (Å²) in [5.41, 5.74) is 0. The monoisotopic (exact) mass is 266 g/mol. The molecule has 0 aromatic heterocycles. The number of carbonyl (C=O) groups excluding carboxylic acids is 1. The van der Waals surface area contributed by atoms with Gasteiger partial charge in [-0.25, -0.2) is 8.42 Å². The fraction of sp³-hybridized carbons (Fsp3) is 0.900. The molecule has 0 spiro atoms. The molecule has 0 radical (unpaired) electrons. The van der Waals surface area contributed by atoms with Crippen LogP contribution in [0.2, 0.25) is 0 Å². The van der Waals surface area contributed by atoms with Gasteiger partial charge < -0.3 is 15.4 Å². The summed E-state index contributed by atoms with van der Waals surface area (Å²) in [6.45, 7) is 3.20. The maximum atomic E-state index is 11.5. The summed E-state index contributed by atoms with van der Waals surface area (Å²) in [5.74, 6) is 0.0271. The molecule has 0 aliphatic rings. The third-order valence-corrected chi connectivity index (χ3v) is 3.17. The molecule has 0 bridgehead atoms. The Morgan fingerprint density at radius 1 is 1.35 bits per heavy atom. The highest BCUT2D eigenvalue weighted by Gasteiger charge is 2.11. The van der Waals surface area contributed by atoms with E-state index in [-0.39, 0.29) is 17.7 Å². The minimum Gasteiger partial charge on any atom is -0.383 e. The zero-order valence-electron chi connectivity index (χ0n) is 10.7. The van der Waals surface area contributed by atoms with Crippen molar-refractivity contribution in [3.63, 3.8) is 0 Å². The van der Waals surface area contributed by atoms with E-state index in [4.69, 9.17) is 4.74 Å². The Labute approximate surface area is 103 Å². The first-order valence-corrected chi connectivity index (χ1v) is 7.60. The standard InChI is InChI=1S/C10H22N2O4S/c1-9(10(13)12-6-7-16-2)11-5-4-8-17(3,14)15/h9,11H,4-8H2,1-3H3,(H,12,13). The fourth-order valence-corrected chi connectivity index (χ4v) is 1.84. The molecule has 2 N–H and O–H groups in total. The van der Waals surface area contributed by atoms with E-state index in [1.165, 1.54) is 6.26 Å². The van der Waals surface area contributed by atoms with Crippen LogP contribution in [0.1, 0.15) is 13.3 Å². The van der Waals surface area contributed by atoms with Crippen molar-refractivity contribution in [1.82, 2.24) is 10.6 Å². The third kappa shape index (κ3) is 10.2. The first-order chi connectivity index (χ1) is 7.87. The van der Waals surface area contributed by atoms with Gasteiger partial charge in [-0.05, 0) is 19.9 Å². The van der Waals surface area contributed by atoms with Crippen LogP contribution in [0.15, 0.2) is 0 Å². The van der Waals surface area contributed by atoms with Crippen LogP contribution in [-0.4, -0.2) is 59.2 Å². The van der Waals surface area contributed by atoms with Crippen LogP contribution in [0.25, 0.3) is 0 Å². The molecule has 102 valence electrons. The summed E-state index contributed by atoms with van der Waals surface area (Å²) in [6.07, 6.45) is 1.71. The van der Waals surface area contributed by atoms with Gasteiger partial charge in [-0.15, -0.1) is 0 Å². The Kier molecular flexibility index (Phi) is 8.11. The first kappa shape index (κ1) is 16.3.